The summed E-state index contributed by atoms with van der Waals surface area (Å²) in [5.74, 6) is 0.799. The van der Waals surface area contributed by atoms with Gasteiger partial charge in [0.05, 0.1) is 16.8 Å². The number of phenolic OH excluding ortho intramolecular Hbond substituents is 1. The summed E-state index contributed by atoms with van der Waals surface area (Å²) in [5, 5.41) is 19.0. The average molecular weight is 470 g/mol. The second-order valence-electron chi connectivity index (χ2n) is 7.23. The van der Waals surface area contributed by atoms with Crippen LogP contribution >= 0.6 is 8.58 Å². The summed E-state index contributed by atoms with van der Waals surface area (Å²) >= 11 is 0. The SMILES string of the molecule is CPc1cnn2c(NCCNS(=O)(=O)c3ccc(C)cc3)cc(-c3ccccc3O)nc12. The van der Waals surface area contributed by atoms with Crippen LogP contribution < -0.4 is 15.3 Å². The number of hydrogen-bond donors (Lipinski definition) is 3. The van der Waals surface area contributed by atoms with E-state index in [2.05, 4.69) is 21.8 Å². The Kier molecular flexibility index (Phi) is 6.41. The van der Waals surface area contributed by atoms with E-state index in [4.69, 9.17) is 4.98 Å². The van der Waals surface area contributed by atoms with Crippen LogP contribution in [0.4, 0.5) is 5.82 Å². The lowest BCUT2D eigenvalue weighted by molar-refractivity contribution is 0.477. The second kappa shape index (κ2) is 9.24. The molecule has 0 spiro atoms. The molecule has 3 N–H and O–H groups in total. The van der Waals surface area contributed by atoms with Crippen LogP contribution in [0.5, 0.6) is 5.75 Å². The van der Waals surface area contributed by atoms with E-state index in [-0.39, 0.29) is 17.2 Å². The smallest absolute Gasteiger partial charge is 0.240 e. The van der Waals surface area contributed by atoms with Crippen molar-refractivity contribution in [3.8, 4) is 17.0 Å². The van der Waals surface area contributed by atoms with E-state index in [1.54, 1.807) is 59.2 Å². The average Bonchev–Trinajstić information content (AvgIpc) is 3.20. The molecule has 0 fully saturated rings. The quantitative estimate of drug-likeness (QED) is 0.271. The number of nitrogens with zero attached hydrogens (tertiary/aromatic N) is 3. The molecule has 4 rings (SSSR count). The zero-order valence-corrected chi connectivity index (χ0v) is 19.5. The van der Waals surface area contributed by atoms with Gasteiger partial charge < -0.3 is 10.4 Å². The molecule has 0 bridgehead atoms. The number of rotatable bonds is 8. The van der Waals surface area contributed by atoms with Crippen molar-refractivity contribution in [1.29, 1.82) is 0 Å². The number of hydrogen-bond acceptors (Lipinski definition) is 6. The standard InChI is InChI=1S/C22H24N5O3PS/c1-15-7-9-16(10-8-15)32(29,30)25-12-11-23-21-13-18(17-5-3-4-6-19(17)28)26-22-20(31-2)14-24-27(21)22/h3-10,13-14,23,25,28,31H,11-12H2,1-2H3. The lowest BCUT2D eigenvalue weighted by Crippen LogP contribution is -2.29. The van der Waals surface area contributed by atoms with Crippen LogP contribution in [-0.4, -0.2) is 47.9 Å². The number of aromatic nitrogens is 3. The molecular formula is C22H24N5O3PS. The first-order chi connectivity index (χ1) is 15.4. The highest BCUT2D eigenvalue weighted by atomic mass is 32.2. The van der Waals surface area contributed by atoms with Gasteiger partial charge in [-0.25, -0.2) is 18.1 Å². The van der Waals surface area contributed by atoms with Crippen molar-refractivity contribution in [2.75, 3.05) is 25.1 Å². The largest absolute Gasteiger partial charge is 0.507 e. The fourth-order valence-electron chi connectivity index (χ4n) is 3.27. The molecule has 166 valence electrons. The summed E-state index contributed by atoms with van der Waals surface area (Å²) in [6.45, 7) is 4.49. The molecule has 0 radical (unpaired) electrons. The van der Waals surface area contributed by atoms with Crippen LogP contribution in [0.2, 0.25) is 0 Å². The van der Waals surface area contributed by atoms with Crippen LogP contribution in [0.25, 0.3) is 16.9 Å². The summed E-state index contributed by atoms with van der Waals surface area (Å²) in [6.07, 6.45) is 1.78. The van der Waals surface area contributed by atoms with Crippen LogP contribution in [0.15, 0.2) is 65.7 Å². The van der Waals surface area contributed by atoms with Crippen molar-refractivity contribution in [2.45, 2.75) is 11.8 Å². The predicted molar refractivity (Wildman–Crippen MR) is 129 cm³/mol. The molecule has 8 nitrogen and oxygen atoms in total. The van der Waals surface area contributed by atoms with E-state index < -0.39 is 10.0 Å². The molecule has 0 amide bonds. The van der Waals surface area contributed by atoms with Crippen molar-refractivity contribution in [1.82, 2.24) is 19.3 Å². The zero-order chi connectivity index (χ0) is 22.7. The van der Waals surface area contributed by atoms with Gasteiger partial charge in [-0.2, -0.15) is 9.61 Å². The van der Waals surface area contributed by atoms with Gasteiger partial charge in [0.25, 0.3) is 0 Å². The maximum absolute atomic E-state index is 12.5. The summed E-state index contributed by atoms with van der Waals surface area (Å²) < 4.78 is 29.3. The molecule has 0 aliphatic rings. The summed E-state index contributed by atoms with van der Waals surface area (Å²) in [5.41, 5.74) is 2.93. The van der Waals surface area contributed by atoms with Gasteiger partial charge in [0.2, 0.25) is 10.0 Å². The van der Waals surface area contributed by atoms with Crippen LogP contribution in [0.3, 0.4) is 0 Å². The number of para-hydroxylation sites is 1. The number of sulfonamides is 1. The van der Waals surface area contributed by atoms with Crippen molar-refractivity contribution < 1.29 is 13.5 Å². The predicted octanol–water partition coefficient (Wildman–Crippen LogP) is 2.73. The van der Waals surface area contributed by atoms with Crippen molar-refractivity contribution in [3.63, 3.8) is 0 Å². The normalized spacial score (nSPS) is 12.1. The number of anilines is 1. The molecule has 10 heteroatoms. The number of phenols is 1. The molecule has 0 saturated carbocycles. The Hall–Kier alpha value is -3.00. The third-order valence-electron chi connectivity index (χ3n) is 4.98. The molecule has 32 heavy (non-hydrogen) atoms. The number of nitrogens with one attached hydrogen (secondary N) is 2. The molecule has 0 saturated heterocycles. The number of aryl methyl sites for hydroxylation is 1. The second-order valence-corrected chi connectivity index (χ2v) is 10.0. The molecule has 4 aromatic rings. The van der Waals surface area contributed by atoms with E-state index >= 15 is 0 Å². The Bertz CT molecular complexity index is 1350. The molecule has 1 unspecified atom stereocenters. The summed E-state index contributed by atoms with van der Waals surface area (Å²) in [4.78, 5) is 4.94. The Labute approximate surface area is 188 Å². The lowest BCUT2D eigenvalue weighted by Gasteiger charge is -2.12. The minimum Gasteiger partial charge on any atom is -0.507 e. The topological polar surface area (TPSA) is 109 Å². The van der Waals surface area contributed by atoms with Crippen molar-refractivity contribution in [2.24, 2.45) is 0 Å². The first kappa shape index (κ1) is 22.2. The van der Waals surface area contributed by atoms with Gasteiger partial charge in [0.15, 0.2) is 5.65 Å². The highest BCUT2D eigenvalue weighted by Crippen LogP contribution is 2.29. The number of benzene rings is 2. The monoisotopic (exact) mass is 469 g/mol. The minimum atomic E-state index is -3.59. The van der Waals surface area contributed by atoms with Crippen molar-refractivity contribution in [3.05, 3.63) is 66.4 Å². The third kappa shape index (κ3) is 4.60. The number of aromatic hydroxyl groups is 1. The van der Waals surface area contributed by atoms with E-state index in [0.717, 1.165) is 10.9 Å². The molecule has 1 atom stereocenters. The van der Waals surface area contributed by atoms with Gasteiger partial charge in [0, 0.05) is 30.0 Å². The fourth-order valence-corrected chi connectivity index (χ4v) is 4.87. The van der Waals surface area contributed by atoms with Crippen LogP contribution in [0, 0.1) is 6.92 Å². The van der Waals surface area contributed by atoms with Gasteiger partial charge in [-0.15, -0.1) is 0 Å². The number of fused-ring (bicyclic) bond motifs is 1. The molecule has 2 aromatic carbocycles. The fraction of sp³-hybridized carbons (Fsp3) is 0.182. The summed E-state index contributed by atoms with van der Waals surface area (Å²) in [7, 11) is -3.08. The van der Waals surface area contributed by atoms with Gasteiger partial charge >= 0.3 is 0 Å². The first-order valence-electron chi connectivity index (χ1n) is 10.0. The molecule has 0 aliphatic heterocycles. The van der Waals surface area contributed by atoms with E-state index in [1.165, 1.54) is 0 Å². The third-order valence-corrected chi connectivity index (χ3v) is 7.34. The molecule has 0 aliphatic carbocycles. The molecular weight excluding hydrogens is 445 g/mol. The van der Waals surface area contributed by atoms with Gasteiger partial charge in [-0.1, -0.05) is 38.4 Å². The van der Waals surface area contributed by atoms with E-state index in [9.17, 15) is 13.5 Å². The maximum atomic E-state index is 12.5. The van der Waals surface area contributed by atoms with Gasteiger partial charge in [0.1, 0.15) is 11.6 Å². The van der Waals surface area contributed by atoms with E-state index in [0.29, 0.717) is 37.8 Å². The molecule has 2 aromatic heterocycles. The van der Waals surface area contributed by atoms with E-state index in [1.807, 2.05) is 13.0 Å². The lowest BCUT2D eigenvalue weighted by atomic mass is 10.1. The maximum Gasteiger partial charge on any atom is 0.240 e. The van der Waals surface area contributed by atoms with Crippen LogP contribution in [0.1, 0.15) is 5.56 Å². The Morgan fingerprint density at radius 1 is 1.09 bits per heavy atom. The van der Waals surface area contributed by atoms with Crippen LogP contribution in [-0.2, 0) is 10.0 Å². The Balaban J connectivity index is 1.55. The minimum absolute atomic E-state index is 0.140. The van der Waals surface area contributed by atoms with Crippen molar-refractivity contribution >= 4 is 35.4 Å². The molecule has 2 heterocycles. The highest BCUT2D eigenvalue weighted by Gasteiger charge is 2.15. The summed E-state index contributed by atoms with van der Waals surface area (Å²) in [6, 6.07) is 15.5. The first-order valence-corrected chi connectivity index (χ1v) is 13.0. The highest BCUT2D eigenvalue weighted by molar-refractivity contribution is 7.89. The van der Waals surface area contributed by atoms with Gasteiger partial charge in [-0.3, -0.25) is 0 Å². The Morgan fingerprint density at radius 2 is 1.84 bits per heavy atom. The Morgan fingerprint density at radius 3 is 2.56 bits per heavy atom. The zero-order valence-electron chi connectivity index (χ0n) is 17.7. The van der Waals surface area contributed by atoms with Gasteiger partial charge in [-0.05, 0) is 37.9 Å².